The van der Waals surface area contributed by atoms with E-state index in [2.05, 4.69) is 10.4 Å². The van der Waals surface area contributed by atoms with Crippen LogP contribution in [0.4, 0.5) is 0 Å². The van der Waals surface area contributed by atoms with Crippen molar-refractivity contribution in [3.8, 4) is 0 Å². The van der Waals surface area contributed by atoms with Crippen LogP contribution in [0, 0.1) is 6.92 Å². The fourth-order valence-electron chi connectivity index (χ4n) is 1.17. The van der Waals surface area contributed by atoms with Crippen LogP contribution in [0.1, 0.15) is 18.3 Å². The van der Waals surface area contributed by atoms with Gasteiger partial charge >= 0.3 is 0 Å². The Morgan fingerprint density at radius 2 is 2.38 bits per heavy atom. The molecule has 0 spiro atoms. The number of hydrogen-bond acceptors (Lipinski definition) is 3. The number of aliphatic hydroxyl groups is 1. The van der Waals surface area contributed by atoms with Gasteiger partial charge in [-0.05, 0) is 19.9 Å². The van der Waals surface area contributed by atoms with E-state index in [1.807, 2.05) is 31.6 Å². The molecular weight excluding hydrogens is 166 g/mol. The molecule has 0 aliphatic rings. The summed E-state index contributed by atoms with van der Waals surface area (Å²) in [5.74, 6) is 0. The van der Waals surface area contributed by atoms with Crippen molar-refractivity contribution in [3.63, 3.8) is 0 Å². The fourth-order valence-corrected chi connectivity index (χ4v) is 1.17. The number of aromatic nitrogens is 2. The third kappa shape index (κ3) is 2.82. The second-order valence-electron chi connectivity index (χ2n) is 3.37. The summed E-state index contributed by atoms with van der Waals surface area (Å²) in [4.78, 5) is 0. The molecular formula is C9H17N3O. The topological polar surface area (TPSA) is 50.1 Å². The number of aryl methyl sites for hydroxylation is 2. The van der Waals surface area contributed by atoms with Gasteiger partial charge in [-0.25, -0.2) is 0 Å². The summed E-state index contributed by atoms with van der Waals surface area (Å²) in [6.07, 6.45) is 0. The van der Waals surface area contributed by atoms with Gasteiger partial charge in [0, 0.05) is 19.6 Å². The molecule has 4 heteroatoms. The van der Waals surface area contributed by atoms with Crippen molar-refractivity contribution in [2.24, 2.45) is 7.05 Å². The number of aliphatic hydroxyl groups excluding tert-OH is 1. The van der Waals surface area contributed by atoms with Gasteiger partial charge in [0.05, 0.1) is 18.0 Å². The monoisotopic (exact) mass is 183 g/mol. The van der Waals surface area contributed by atoms with Crippen molar-refractivity contribution in [2.45, 2.75) is 26.4 Å². The lowest BCUT2D eigenvalue weighted by Crippen LogP contribution is -2.29. The maximum absolute atomic E-state index is 8.80. The van der Waals surface area contributed by atoms with Gasteiger partial charge in [-0.3, -0.25) is 4.68 Å². The van der Waals surface area contributed by atoms with Crippen molar-refractivity contribution < 1.29 is 5.11 Å². The molecule has 74 valence electrons. The molecule has 2 N–H and O–H groups in total. The van der Waals surface area contributed by atoms with Crippen LogP contribution < -0.4 is 5.32 Å². The fraction of sp³-hybridized carbons (Fsp3) is 0.667. The lowest BCUT2D eigenvalue weighted by atomic mass is 10.3. The Kier molecular flexibility index (Phi) is 3.45. The Morgan fingerprint density at radius 3 is 2.85 bits per heavy atom. The normalized spacial score (nSPS) is 13.2. The predicted molar refractivity (Wildman–Crippen MR) is 51.3 cm³/mol. The highest BCUT2D eigenvalue weighted by atomic mass is 16.3. The minimum atomic E-state index is 0.134. The Labute approximate surface area is 78.6 Å². The maximum Gasteiger partial charge on any atom is 0.0597 e. The molecule has 0 bridgehead atoms. The molecule has 1 unspecified atom stereocenters. The summed E-state index contributed by atoms with van der Waals surface area (Å²) < 4.78 is 1.85. The molecule has 0 fully saturated rings. The first-order chi connectivity index (χ1) is 6.13. The van der Waals surface area contributed by atoms with Crippen molar-refractivity contribution in [1.29, 1.82) is 0 Å². The number of nitrogens with one attached hydrogen (secondary N) is 1. The number of nitrogens with zero attached hydrogens (tertiary/aromatic N) is 2. The van der Waals surface area contributed by atoms with E-state index in [4.69, 9.17) is 5.11 Å². The first-order valence-electron chi connectivity index (χ1n) is 4.47. The third-order valence-corrected chi connectivity index (χ3v) is 2.00. The molecule has 0 aliphatic heterocycles. The predicted octanol–water partition coefficient (Wildman–Crippen LogP) is 0.199. The average molecular weight is 183 g/mol. The van der Waals surface area contributed by atoms with Crippen LogP contribution in [0.15, 0.2) is 6.07 Å². The molecule has 0 aromatic carbocycles. The molecule has 13 heavy (non-hydrogen) atoms. The zero-order valence-electron chi connectivity index (χ0n) is 8.41. The number of rotatable bonds is 4. The van der Waals surface area contributed by atoms with Gasteiger partial charge in [0.1, 0.15) is 0 Å². The minimum absolute atomic E-state index is 0.134. The summed E-state index contributed by atoms with van der Waals surface area (Å²) in [6, 6.07) is 2.17. The van der Waals surface area contributed by atoms with Gasteiger partial charge in [-0.15, -0.1) is 0 Å². The van der Waals surface area contributed by atoms with E-state index >= 15 is 0 Å². The number of hydrogen-bond donors (Lipinski definition) is 2. The van der Waals surface area contributed by atoms with Crippen molar-refractivity contribution in [2.75, 3.05) is 6.61 Å². The van der Waals surface area contributed by atoms with E-state index in [0.717, 1.165) is 17.9 Å². The molecule has 1 atom stereocenters. The highest BCUT2D eigenvalue weighted by Gasteiger charge is 2.03. The zero-order chi connectivity index (χ0) is 9.84. The van der Waals surface area contributed by atoms with E-state index in [1.54, 1.807) is 0 Å². The lowest BCUT2D eigenvalue weighted by Gasteiger charge is -2.09. The molecule has 0 radical (unpaired) electrons. The van der Waals surface area contributed by atoms with Gasteiger partial charge in [-0.1, -0.05) is 0 Å². The van der Waals surface area contributed by atoms with Crippen LogP contribution in [0.2, 0.25) is 0 Å². The lowest BCUT2D eigenvalue weighted by molar-refractivity contribution is 0.250. The second kappa shape index (κ2) is 4.39. The van der Waals surface area contributed by atoms with Crippen molar-refractivity contribution in [3.05, 3.63) is 17.5 Å². The molecule has 0 amide bonds. The summed E-state index contributed by atoms with van der Waals surface area (Å²) in [5.41, 5.74) is 2.16. The Hall–Kier alpha value is -0.870. The standard InChI is InChI=1S/C9H17N3O/c1-7-4-9(12(3)11-7)5-10-8(2)6-13/h4,8,10,13H,5-6H2,1-3H3. The van der Waals surface area contributed by atoms with E-state index in [9.17, 15) is 0 Å². The van der Waals surface area contributed by atoms with Crippen LogP contribution in [-0.2, 0) is 13.6 Å². The van der Waals surface area contributed by atoms with Gasteiger partial charge in [0.15, 0.2) is 0 Å². The van der Waals surface area contributed by atoms with Gasteiger partial charge in [-0.2, -0.15) is 5.10 Å². The van der Waals surface area contributed by atoms with E-state index < -0.39 is 0 Å². The molecule has 1 heterocycles. The summed E-state index contributed by atoms with van der Waals surface area (Å²) >= 11 is 0. The largest absolute Gasteiger partial charge is 0.395 e. The Morgan fingerprint density at radius 1 is 1.69 bits per heavy atom. The van der Waals surface area contributed by atoms with Gasteiger partial charge in [0.25, 0.3) is 0 Å². The first kappa shape index (κ1) is 10.2. The van der Waals surface area contributed by atoms with Crippen LogP contribution in [0.5, 0.6) is 0 Å². The smallest absolute Gasteiger partial charge is 0.0597 e. The Bertz CT molecular complexity index is 270. The van der Waals surface area contributed by atoms with E-state index in [-0.39, 0.29) is 12.6 Å². The van der Waals surface area contributed by atoms with Crippen molar-refractivity contribution in [1.82, 2.24) is 15.1 Å². The van der Waals surface area contributed by atoms with Gasteiger partial charge in [0.2, 0.25) is 0 Å². The second-order valence-corrected chi connectivity index (χ2v) is 3.37. The average Bonchev–Trinajstić information content (AvgIpc) is 2.41. The minimum Gasteiger partial charge on any atom is -0.395 e. The highest BCUT2D eigenvalue weighted by Crippen LogP contribution is 2.01. The molecule has 1 aromatic rings. The van der Waals surface area contributed by atoms with Crippen LogP contribution in [0.25, 0.3) is 0 Å². The molecule has 0 saturated carbocycles. The molecule has 4 nitrogen and oxygen atoms in total. The molecule has 1 aromatic heterocycles. The maximum atomic E-state index is 8.80. The SMILES string of the molecule is Cc1cc(CNC(C)CO)n(C)n1. The van der Waals surface area contributed by atoms with Gasteiger partial charge < -0.3 is 10.4 Å². The summed E-state index contributed by atoms with van der Waals surface area (Å²) in [5, 5.41) is 16.2. The third-order valence-electron chi connectivity index (χ3n) is 2.00. The Balaban J connectivity index is 2.49. The summed E-state index contributed by atoms with van der Waals surface area (Å²) in [6.45, 7) is 4.83. The quantitative estimate of drug-likeness (QED) is 0.701. The van der Waals surface area contributed by atoms with E-state index in [1.165, 1.54) is 0 Å². The molecule has 0 saturated heterocycles. The molecule has 1 rings (SSSR count). The van der Waals surface area contributed by atoms with Crippen molar-refractivity contribution >= 4 is 0 Å². The zero-order valence-corrected chi connectivity index (χ0v) is 8.41. The van der Waals surface area contributed by atoms with Crippen LogP contribution in [-0.4, -0.2) is 27.5 Å². The van der Waals surface area contributed by atoms with Crippen LogP contribution in [0.3, 0.4) is 0 Å². The summed E-state index contributed by atoms with van der Waals surface area (Å²) in [7, 11) is 1.92. The van der Waals surface area contributed by atoms with Crippen LogP contribution >= 0.6 is 0 Å². The first-order valence-corrected chi connectivity index (χ1v) is 4.47. The van der Waals surface area contributed by atoms with E-state index in [0.29, 0.717) is 0 Å². The molecule has 0 aliphatic carbocycles. The highest BCUT2D eigenvalue weighted by molar-refractivity contribution is 5.08.